The van der Waals surface area contributed by atoms with E-state index in [0.29, 0.717) is 6.42 Å². The molecule has 148 valence electrons. The lowest BCUT2D eigenvalue weighted by molar-refractivity contribution is -0.137. The summed E-state index contributed by atoms with van der Waals surface area (Å²) in [6, 6.07) is 4.32. The molecule has 2 fully saturated rings. The van der Waals surface area contributed by atoms with Gasteiger partial charge in [-0.15, -0.1) is 0 Å². The maximum atomic E-state index is 13.5. The number of halogens is 3. The van der Waals surface area contributed by atoms with Crippen LogP contribution in [0.25, 0.3) is 0 Å². The van der Waals surface area contributed by atoms with Gasteiger partial charge in [0, 0.05) is 11.7 Å². The van der Waals surface area contributed by atoms with Crippen molar-refractivity contribution in [3.05, 3.63) is 29.8 Å². The van der Waals surface area contributed by atoms with Gasteiger partial charge in [-0.05, 0) is 18.6 Å². The first-order valence-electron chi connectivity index (χ1n) is 8.56. The van der Waals surface area contributed by atoms with E-state index < -0.39 is 38.8 Å². The molecular weight excluding hydrogens is 401 g/mol. The summed E-state index contributed by atoms with van der Waals surface area (Å²) in [6.45, 7) is 1.92. The van der Waals surface area contributed by atoms with Crippen molar-refractivity contribution in [2.75, 3.05) is 16.4 Å². The molecule has 0 saturated carbocycles. The Hall–Kier alpha value is -1.55. The number of carbonyl (C=O) groups is 1. The second-order valence-electron chi connectivity index (χ2n) is 6.58. The molecule has 2 atom stereocenters. The van der Waals surface area contributed by atoms with E-state index in [1.807, 2.05) is 6.92 Å². The number of fused-ring (bicyclic) bond motifs is 1. The molecule has 5 nitrogen and oxygen atoms in total. The van der Waals surface area contributed by atoms with Crippen LogP contribution in [-0.2, 0) is 20.8 Å². The first kappa shape index (κ1) is 20.2. The minimum Gasteiger partial charge on any atom is -0.315 e. The minimum absolute atomic E-state index is 0.130. The molecule has 27 heavy (non-hydrogen) atoms. The Balaban J connectivity index is 2.05. The monoisotopic (exact) mass is 420 g/mol. The van der Waals surface area contributed by atoms with Crippen molar-refractivity contribution in [2.24, 2.45) is 4.99 Å². The van der Waals surface area contributed by atoms with E-state index in [2.05, 4.69) is 4.99 Å². The first-order valence-corrected chi connectivity index (χ1v) is 11.3. The molecule has 0 aromatic heterocycles. The number of hydrogen-bond acceptors (Lipinski definition) is 4. The molecule has 2 aliphatic rings. The predicted octanol–water partition coefficient (Wildman–Crippen LogP) is 3.50. The fourth-order valence-corrected chi connectivity index (χ4v) is 7.18. The zero-order chi connectivity index (χ0) is 19.8. The number of nitrogens with zero attached hydrogens (tertiary/aromatic N) is 2. The molecule has 3 rings (SSSR count). The van der Waals surface area contributed by atoms with Crippen LogP contribution in [0.1, 0.15) is 31.7 Å². The highest BCUT2D eigenvalue weighted by Crippen LogP contribution is 2.45. The van der Waals surface area contributed by atoms with Gasteiger partial charge in [-0.1, -0.05) is 37.2 Å². The van der Waals surface area contributed by atoms with Crippen LogP contribution < -0.4 is 4.90 Å². The van der Waals surface area contributed by atoms with Gasteiger partial charge < -0.3 is 4.90 Å². The fourth-order valence-electron chi connectivity index (χ4n) is 3.26. The summed E-state index contributed by atoms with van der Waals surface area (Å²) in [5.41, 5.74) is -1.03. The Labute approximate surface area is 159 Å². The predicted molar refractivity (Wildman–Crippen MR) is 99.7 cm³/mol. The Kier molecular flexibility index (Phi) is 5.58. The summed E-state index contributed by atoms with van der Waals surface area (Å²) >= 11 is 1.08. The molecule has 2 saturated heterocycles. The van der Waals surface area contributed by atoms with Gasteiger partial charge in [0.15, 0.2) is 15.0 Å². The lowest BCUT2D eigenvalue weighted by Gasteiger charge is -2.27. The SMILES string of the molecule is CCCCC(=O)N=C1S[C@H]2CS(=O)(=O)C[C@H]2N1c1ccccc1C(F)(F)F. The number of unbranched alkanes of at least 4 members (excludes halogenated alkanes) is 1. The number of alkyl halides is 3. The number of amides is 1. The van der Waals surface area contributed by atoms with E-state index in [1.54, 1.807) is 0 Å². The highest BCUT2D eigenvalue weighted by molar-refractivity contribution is 8.16. The second kappa shape index (κ2) is 7.46. The summed E-state index contributed by atoms with van der Waals surface area (Å²) in [5, 5.41) is -0.285. The average molecular weight is 420 g/mol. The third-order valence-corrected chi connectivity index (χ3v) is 7.71. The number of amidine groups is 1. The Morgan fingerprint density at radius 2 is 2.00 bits per heavy atom. The molecule has 1 aromatic carbocycles. The number of hydrogen-bond donors (Lipinski definition) is 0. The van der Waals surface area contributed by atoms with E-state index in [1.165, 1.54) is 23.1 Å². The van der Waals surface area contributed by atoms with Gasteiger partial charge in [0.1, 0.15) is 0 Å². The van der Waals surface area contributed by atoms with Gasteiger partial charge in [0.25, 0.3) is 0 Å². The van der Waals surface area contributed by atoms with Crippen LogP contribution in [-0.4, -0.2) is 42.3 Å². The van der Waals surface area contributed by atoms with Crippen LogP contribution in [0.5, 0.6) is 0 Å². The lowest BCUT2D eigenvalue weighted by Crippen LogP contribution is -2.39. The number of anilines is 1. The molecule has 1 amide bonds. The number of para-hydroxylation sites is 1. The van der Waals surface area contributed by atoms with Gasteiger partial charge in [-0.2, -0.15) is 18.2 Å². The van der Waals surface area contributed by atoms with Crippen molar-refractivity contribution in [3.63, 3.8) is 0 Å². The summed E-state index contributed by atoms with van der Waals surface area (Å²) in [6.07, 6.45) is -2.95. The third kappa shape index (κ3) is 4.31. The van der Waals surface area contributed by atoms with Gasteiger partial charge >= 0.3 is 6.18 Å². The van der Waals surface area contributed by atoms with Crippen molar-refractivity contribution >= 4 is 38.4 Å². The first-order chi connectivity index (χ1) is 12.6. The molecule has 0 spiro atoms. The molecular formula is C17H19F3N2O3S2. The number of rotatable bonds is 4. The highest BCUT2D eigenvalue weighted by atomic mass is 32.2. The molecule has 0 radical (unpaired) electrons. The van der Waals surface area contributed by atoms with Gasteiger partial charge in [-0.3, -0.25) is 4.79 Å². The summed E-state index contributed by atoms with van der Waals surface area (Å²) in [7, 11) is -3.34. The van der Waals surface area contributed by atoms with Crippen LogP contribution in [0.4, 0.5) is 18.9 Å². The van der Waals surface area contributed by atoms with E-state index >= 15 is 0 Å². The molecule has 0 unspecified atom stereocenters. The van der Waals surface area contributed by atoms with Crippen molar-refractivity contribution in [1.82, 2.24) is 0 Å². The molecule has 0 bridgehead atoms. The fraction of sp³-hybridized carbons (Fsp3) is 0.529. The van der Waals surface area contributed by atoms with E-state index in [9.17, 15) is 26.4 Å². The van der Waals surface area contributed by atoms with E-state index in [4.69, 9.17) is 0 Å². The van der Waals surface area contributed by atoms with E-state index in [0.717, 1.165) is 24.2 Å². The van der Waals surface area contributed by atoms with Crippen LogP contribution in [0.3, 0.4) is 0 Å². The number of carbonyl (C=O) groups excluding carboxylic acids is 1. The van der Waals surface area contributed by atoms with Crippen LogP contribution in [0, 0.1) is 0 Å². The zero-order valence-corrected chi connectivity index (χ0v) is 16.2. The largest absolute Gasteiger partial charge is 0.418 e. The number of thioether (sulfide) groups is 1. The lowest BCUT2D eigenvalue weighted by atomic mass is 10.1. The maximum Gasteiger partial charge on any atom is 0.418 e. The summed E-state index contributed by atoms with van der Waals surface area (Å²) in [5.74, 6) is -0.787. The molecule has 2 heterocycles. The van der Waals surface area contributed by atoms with Crippen LogP contribution in [0.15, 0.2) is 29.3 Å². The van der Waals surface area contributed by atoms with Crippen LogP contribution in [0.2, 0.25) is 0 Å². The topological polar surface area (TPSA) is 66.8 Å². The summed E-state index contributed by atoms with van der Waals surface area (Å²) < 4.78 is 64.5. The van der Waals surface area contributed by atoms with Crippen molar-refractivity contribution in [3.8, 4) is 0 Å². The second-order valence-corrected chi connectivity index (χ2v) is 9.94. The normalized spacial score (nSPS) is 25.8. The zero-order valence-electron chi connectivity index (χ0n) is 14.6. The number of sulfone groups is 1. The molecule has 1 aromatic rings. The molecule has 0 aliphatic carbocycles. The standard InChI is InChI=1S/C17H19F3N2O3S2/c1-2-3-8-15(23)21-16-22(13-9-27(24,25)10-14(13)26-16)12-7-5-4-6-11(12)17(18,19)20/h4-7,13-14H,2-3,8-10H2,1H3/t13-,14+/m1/s1. The minimum atomic E-state index is -4.60. The van der Waals surface area contributed by atoms with Gasteiger partial charge in [0.05, 0.1) is 28.8 Å². The third-order valence-electron chi connectivity index (χ3n) is 4.50. The van der Waals surface area contributed by atoms with Crippen molar-refractivity contribution in [2.45, 2.75) is 43.7 Å². The highest BCUT2D eigenvalue weighted by Gasteiger charge is 2.51. The van der Waals surface area contributed by atoms with E-state index in [-0.39, 0.29) is 28.8 Å². The van der Waals surface area contributed by atoms with Gasteiger partial charge in [-0.25, -0.2) is 8.42 Å². The maximum absolute atomic E-state index is 13.5. The van der Waals surface area contributed by atoms with Crippen molar-refractivity contribution in [1.29, 1.82) is 0 Å². The van der Waals surface area contributed by atoms with Crippen LogP contribution >= 0.6 is 11.8 Å². The molecule has 10 heteroatoms. The average Bonchev–Trinajstić information content (AvgIpc) is 3.02. The molecule has 2 aliphatic heterocycles. The quantitative estimate of drug-likeness (QED) is 0.746. The number of benzene rings is 1. The van der Waals surface area contributed by atoms with Gasteiger partial charge in [0.2, 0.25) is 5.91 Å². The Morgan fingerprint density at radius 1 is 1.30 bits per heavy atom. The Morgan fingerprint density at radius 3 is 2.67 bits per heavy atom. The number of aliphatic imine (C=N–C) groups is 1. The van der Waals surface area contributed by atoms with Crippen molar-refractivity contribution < 1.29 is 26.4 Å². The summed E-state index contributed by atoms with van der Waals surface area (Å²) in [4.78, 5) is 17.4. The smallest absolute Gasteiger partial charge is 0.315 e. The Bertz CT molecular complexity index is 868. The molecule has 0 N–H and O–H groups in total.